The van der Waals surface area contributed by atoms with Gasteiger partial charge < -0.3 is 5.32 Å². The highest BCUT2D eigenvalue weighted by atomic mass is 32.2. The molecule has 4 nitrogen and oxygen atoms in total. The standard InChI is InChI=1S/C12H17FN2O2S/c1-15(9-11-5-3-7-14-11)18(16,17)12-6-2-4-10(13)8-12/h2,4,6,8,11,14H,3,5,7,9H2,1H3. The lowest BCUT2D eigenvalue weighted by molar-refractivity contribution is 0.417. The van der Waals surface area contributed by atoms with E-state index in [1.807, 2.05) is 0 Å². The Balaban J connectivity index is 2.14. The molecule has 0 amide bonds. The van der Waals surface area contributed by atoms with Crippen molar-refractivity contribution < 1.29 is 12.8 Å². The topological polar surface area (TPSA) is 49.4 Å². The van der Waals surface area contributed by atoms with Crippen LogP contribution in [0.1, 0.15) is 12.8 Å². The van der Waals surface area contributed by atoms with Crippen molar-refractivity contribution in [2.45, 2.75) is 23.8 Å². The number of nitrogens with one attached hydrogen (secondary N) is 1. The largest absolute Gasteiger partial charge is 0.313 e. The van der Waals surface area contributed by atoms with E-state index >= 15 is 0 Å². The van der Waals surface area contributed by atoms with Gasteiger partial charge in [-0.05, 0) is 37.6 Å². The maximum absolute atomic E-state index is 13.1. The lowest BCUT2D eigenvalue weighted by Crippen LogP contribution is -2.38. The van der Waals surface area contributed by atoms with Gasteiger partial charge in [0.2, 0.25) is 10.0 Å². The molecule has 1 fully saturated rings. The molecule has 2 rings (SSSR count). The molecule has 1 unspecified atom stereocenters. The first kappa shape index (κ1) is 13.5. The monoisotopic (exact) mass is 272 g/mol. The van der Waals surface area contributed by atoms with Gasteiger partial charge in [0.25, 0.3) is 0 Å². The Morgan fingerprint density at radius 3 is 2.89 bits per heavy atom. The van der Waals surface area contributed by atoms with Crippen molar-refractivity contribution in [3.63, 3.8) is 0 Å². The summed E-state index contributed by atoms with van der Waals surface area (Å²) in [5, 5.41) is 3.24. The minimum Gasteiger partial charge on any atom is -0.313 e. The summed E-state index contributed by atoms with van der Waals surface area (Å²) >= 11 is 0. The molecule has 1 aliphatic rings. The predicted octanol–water partition coefficient (Wildman–Crippen LogP) is 1.20. The van der Waals surface area contributed by atoms with E-state index in [0.717, 1.165) is 25.5 Å². The molecule has 1 N–H and O–H groups in total. The van der Waals surface area contributed by atoms with Crippen molar-refractivity contribution in [1.82, 2.24) is 9.62 Å². The lowest BCUT2D eigenvalue weighted by atomic mass is 10.2. The highest BCUT2D eigenvalue weighted by molar-refractivity contribution is 7.89. The molecule has 0 aromatic heterocycles. The van der Waals surface area contributed by atoms with Crippen molar-refractivity contribution in [3.8, 4) is 0 Å². The zero-order valence-corrected chi connectivity index (χ0v) is 11.1. The van der Waals surface area contributed by atoms with Crippen LogP contribution in [0.15, 0.2) is 29.2 Å². The summed E-state index contributed by atoms with van der Waals surface area (Å²) in [4.78, 5) is 0.00277. The highest BCUT2D eigenvalue weighted by Gasteiger charge is 2.25. The molecule has 6 heteroatoms. The van der Waals surface area contributed by atoms with Crippen LogP contribution in [0.5, 0.6) is 0 Å². The van der Waals surface area contributed by atoms with Gasteiger partial charge in [0.05, 0.1) is 4.90 Å². The number of hydrogen-bond donors (Lipinski definition) is 1. The Labute approximate surface area is 107 Å². The Morgan fingerprint density at radius 1 is 1.50 bits per heavy atom. The number of rotatable bonds is 4. The first-order chi connectivity index (χ1) is 8.50. The molecule has 0 bridgehead atoms. The van der Waals surface area contributed by atoms with E-state index in [2.05, 4.69) is 5.32 Å². The van der Waals surface area contributed by atoms with E-state index in [1.165, 1.54) is 29.6 Å². The van der Waals surface area contributed by atoms with Crippen molar-refractivity contribution in [1.29, 1.82) is 0 Å². The van der Waals surface area contributed by atoms with Crippen LogP contribution in [0.2, 0.25) is 0 Å². The molecule has 1 saturated heterocycles. The Kier molecular flexibility index (Phi) is 3.99. The molecule has 0 spiro atoms. The van der Waals surface area contributed by atoms with E-state index in [4.69, 9.17) is 0 Å². The number of nitrogens with zero attached hydrogens (tertiary/aromatic N) is 1. The fourth-order valence-electron chi connectivity index (χ4n) is 2.13. The molecule has 1 aliphatic heterocycles. The molecule has 100 valence electrons. The highest BCUT2D eigenvalue weighted by Crippen LogP contribution is 2.17. The quantitative estimate of drug-likeness (QED) is 0.896. The molecular weight excluding hydrogens is 255 g/mol. The van der Waals surface area contributed by atoms with Gasteiger partial charge in [-0.2, -0.15) is 4.31 Å². The van der Waals surface area contributed by atoms with E-state index in [9.17, 15) is 12.8 Å². The second-order valence-corrected chi connectivity index (χ2v) is 6.58. The van der Waals surface area contributed by atoms with Gasteiger partial charge in [-0.15, -0.1) is 0 Å². The van der Waals surface area contributed by atoms with Gasteiger partial charge in [-0.1, -0.05) is 6.07 Å². The number of benzene rings is 1. The Hall–Kier alpha value is -0.980. The predicted molar refractivity (Wildman–Crippen MR) is 67.2 cm³/mol. The number of sulfonamides is 1. The molecule has 0 saturated carbocycles. The summed E-state index contributed by atoms with van der Waals surface area (Å²) in [6, 6.07) is 5.30. The first-order valence-corrected chi connectivity index (χ1v) is 7.39. The van der Waals surface area contributed by atoms with E-state index in [-0.39, 0.29) is 10.9 Å². The van der Waals surface area contributed by atoms with Gasteiger partial charge >= 0.3 is 0 Å². The zero-order valence-electron chi connectivity index (χ0n) is 10.3. The maximum atomic E-state index is 13.1. The van der Waals surface area contributed by atoms with E-state index in [0.29, 0.717) is 6.54 Å². The zero-order chi connectivity index (χ0) is 13.2. The number of likely N-dealkylation sites (N-methyl/N-ethyl adjacent to an activating group) is 1. The second kappa shape index (κ2) is 5.34. The third-order valence-corrected chi connectivity index (χ3v) is 4.96. The maximum Gasteiger partial charge on any atom is 0.242 e. The minimum atomic E-state index is -3.60. The van der Waals surface area contributed by atoms with E-state index < -0.39 is 15.8 Å². The summed E-state index contributed by atoms with van der Waals surface area (Å²) in [6.07, 6.45) is 2.04. The third-order valence-electron chi connectivity index (χ3n) is 3.14. The van der Waals surface area contributed by atoms with Crippen LogP contribution in [0.4, 0.5) is 4.39 Å². The summed E-state index contributed by atoms with van der Waals surface area (Å²) < 4.78 is 38.8. The normalized spacial score (nSPS) is 20.5. The van der Waals surface area contributed by atoms with Crippen LogP contribution in [0, 0.1) is 5.82 Å². The molecule has 18 heavy (non-hydrogen) atoms. The van der Waals surface area contributed by atoms with Gasteiger partial charge in [-0.3, -0.25) is 0 Å². The van der Waals surface area contributed by atoms with Crippen molar-refractivity contribution in [3.05, 3.63) is 30.1 Å². The smallest absolute Gasteiger partial charge is 0.242 e. The van der Waals surface area contributed by atoms with Crippen LogP contribution >= 0.6 is 0 Å². The SMILES string of the molecule is CN(CC1CCCN1)S(=O)(=O)c1cccc(F)c1. The number of halogens is 1. The summed E-state index contributed by atoms with van der Waals surface area (Å²) in [6.45, 7) is 1.34. The average molecular weight is 272 g/mol. The molecule has 1 atom stereocenters. The molecule has 0 aliphatic carbocycles. The summed E-state index contributed by atoms with van der Waals surface area (Å²) in [5.41, 5.74) is 0. The van der Waals surface area contributed by atoms with Crippen LogP contribution in [-0.4, -0.2) is 38.9 Å². The molecule has 1 aromatic rings. The second-order valence-electron chi connectivity index (χ2n) is 4.54. The fraction of sp³-hybridized carbons (Fsp3) is 0.500. The van der Waals surface area contributed by atoms with Crippen LogP contribution < -0.4 is 5.32 Å². The molecular formula is C12H17FN2O2S. The Morgan fingerprint density at radius 2 is 2.28 bits per heavy atom. The fourth-order valence-corrected chi connectivity index (χ4v) is 3.38. The van der Waals surface area contributed by atoms with Gasteiger partial charge in [0.1, 0.15) is 5.82 Å². The van der Waals surface area contributed by atoms with Crippen LogP contribution in [-0.2, 0) is 10.0 Å². The summed E-state index contributed by atoms with van der Waals surface area (Å²) in [5.74, 6) is -0.538. The van der Waals surface area contributed by atoms with E-state index in [1.54, 1.807) is 0 Å². The van der Waals surface area contributed by atoms with Crippen LogP contribution in [0.3, 0.4) is 0 Å². The van der Waals surface area contributed by atoms with Crippen molar-refractivity contribution >= 4 is 10.0 Å². The molecule has 1 heterocycles. The third kappa shape index (κ3) is 2.88. The number of hydrogen-bond acceptors (Lipinski definition) is 3. The van der Waals surface area contributed by atoms with Crippen LogP contribution in [0.25, 0.3) is 0 Å². The summed E-state index contributed by atoms with van der Waals surface area (Å²) in [7, 11) is -2.07. The van der Waals surface area contributed by atoms with Gasteiger partial charge in [0, 0.05) is 19.6 Å². The van der Waals surface area contributed by atoms with Crippen molar-refractivity contribution in [2.75, 3.05) is 20.1 Å². The van der Waals surface area contributed by atoms with Crippen molar-refractivity contribution in [2.24, 2.45) is 0 Å². The van der Waals surface area contributed by atoms with Gasteiger partial charge in [-0.25, -0.2) is 12.8 Å². The Bertz CT molecular complexity index is 513. The lowest BCUT2D eigenvalue weighted by Gasteiger charge is -2.21. The van der Waals surface area contributed by atoms with Gasteiger partial charge in [0.15, 0.2) is 0 Å². The average Bonchev–Trinajstić information content (AvgIpc) is 2.81. The minimum absolute atomic E-state index is 0.00277. The molecule has 0 radical (unpaired) electrons. The molecule has 1 aromatic carbocycles. The first-order valence-electron chi connectivity index (χ1n) is 5.95.